The van der Waals surface area contributed by atoms with E-state index in [0.717, 1.165) is 0 Å². The van der Waals surface area contributed by atoms with Crippen LogP contribution in [0.4, 0.5) is 0 Å². The molecule has 2 nitrogen and oxygen atoms in total. The SMILES string of the molecule is CC(C)C(C)c1ccc(C(=O)C(C)(C)O)cc1. The van der Waals surface area contributed by atoms with Gasteiger partial charge in [0.2, 0.25) is 0 Å². The van der Waals surface area contributed by atoms with Crippen molar-refractivity contribution < 1.29 is 9.90 Å². The van der Waals surface area contributed by atoms with Crippen LogP contribution in [0.25, 0.3) is 0 Å². The van der Waals surface area contributed by atoms with Crippen molar-refractivity contribution in [2.75, 3.05) is 0 Å². The van der Waals surface area contributed by atoms with E-state index in [-0.39, 0.29) is 5.78 Å². The topological polar surface area (TPSA) is 37.3 Å². The number of hydrogen-bond acceptors (Lipinski definition) is 2. The van der Waals surface area contributed by atoms with Gasteiger partial charge in [-0.3, -0.25) is 4.79 Å². The van der Waals surface area contributed by atoms with Crippen LogP contribution in [0.3, 0.4) is 0 Å². The van der Waals surface area contributed by atoms with Crippen LogP contribution in [-0.4, -0.2) is 16.5 Å². The summed E-state index contributed by atoms with van der Waals surface area (Å²) in [7, 11) is 0. The highest BCUT2D eigenvalue weighted by atomic mass is 16.3. The van der Waals surface area contributed by atoms with Crippen LogP contribution >= 0.6 is 0 Å². The first-order valence-corrected chi connectivity index (χ1v) is 6.10. The molecule has 0 aliphatic rings. The van der Waals surface area contributed by atoms with Gasteiger partial charge in [-0.1, -0.05) is 45.0 Å². The number of Topliss-reactive ketones (excluding diaryl/α,β-unsaturated/α-hetero) is 1. The molecule has 1 atom stereocenters. The smallest absolute Gasteiger partial charge is 0.193 e. The third kappa shape index (κ3) is 3.40. The van der Waals surface area contributed by atoms with E-state index in [4.69, 9.17) is 0 Å². The molecule has 1 unspecified atom stereocenters. The third-order valence-electron chi connectivity index (χ3n) is 3.25. The Morgan fingerprint density at radius 3 is 1.94 bits per heavy atom. The van der Waals surface area contributed by atoms with Crippen molar-refractivity contribution in [3.63, 3.8) is 0 Å². The summed E-state index contributed by atoms with van der Waals surface area (Å²) in [5.41, 5.74) is 0.495. The van der Waals surface area contributed by atoms with Crippen molar-refractivity contribution >= 4 is 5.78 Å². The number of benzene rings is 1. The Balaban J connectivity index is 2.93. The molecule has 0 radical (unpaired) electrons. The first-order valence-electron chi connectivity index (χ1n) is 6.10. The molecule has 0 amide bonds. The van der Waals surface area contributed by atoms with Gasteiger partial charge in [0.15, 0.2) is 5.78 Å². The summed E-state index contributed by atoms with van der Waals surface area (Å²) in [6.45, 7) is 9.57. The number of hydrogen-bond donors (Lipinski definition) is 1. The Kier molecular flexibility index (Phi) is 4.10. The molecule has 0 saturated carbocycles. The van der Waals surface area contributed by atoms with Crippen molar-refractivity contribution in [3.05, 3.63) is 35.4 Å². The van der Waals surface area contributed by atoms with Crippen LogP contribution in [0, 0.1) is 5.92 Å². The normalized spacial score (nSPS) is 13.8. The van der Waals surface area contributed by atoms with Crippen molar-refractivity contribution in [3.8, 4) is 0 Å². The summed E-state index contributed by atoms with van der Waals surface area (Å²) in [6, 6.07) is 7.55. The quantitative estimate of drug-likeness (QED) is 0.811. The second-order valence-electron chi connectivity index (χ2n) is 5.54. The Labute approximate surface area is 104 Å². The van der Waals surface area contributed by atoms with E-state index < -0.39 is 5.60 Å². The summed E-state index contributed by atoms with van der Waals surface area (Å²) < 4.78 is 0. The third-order valence-corrected chi connectivity index (χ3v) is 3.25. The minimum absolute atomic E-state index is 0.235. The molecule has 1 aromatic rings. The zero-order valence-corrected chi connectivity index (χ0v) is 11.3. The second-order valence-corrected chi connectivity index (χ2v) is 5.54. The Morgan fingerprint density at radius 1 is 1.12 bits per heavy atom. The van der Waals surface area contributed by atoms with Crippen molar-refractivity contribution in [2.45, 2.75) is 46.1 Å². The van der Waals surface area contributed by atoms with E-state index in [0.29, 0.717) is 17.4 Å². The van der Waals surface area contributed by atoms with Crippen LogP contribution in [-0.2, 0) is 0 Å². The maximum absolute atomic E-state index is 11.8. The molecular formula is C15H22O2. The number of rotatable bonds is 4. The number of carbonyl (C=O) groups is 1. The highest BCUT2D eigenvalue weighted by molar-refractivity contribution is 6.01. The summed E-state index contributed by atoms with van der Waals surface area (Å²) in [6.07, 6.45) is 0. The first-order chi connectivity index (χ1) is 7.73. The van der Waals surface area contributed by atoms with E-state index in [2.05, 4.69) is 20.8 Å². The van der Waals surface area contributed by atoms with Gasteiger partial charge in [-0.25, -0.2) is 0 Å². The molecule has 94 valence electrons. The minimum atomic E-state index is -1.30. The largest absolute Gasteiger partial charge is 0.382 e. The van der Waals surface area contributed by atoms with Gasteiger partial charge in [0, 0.05) is 5.56 Å². The van der Waals surface area contributed by atoms with Gasteiger partial charge in [-0.05, 0) is 31.2 Å². The predicted octanol–water partition coefficient (Wildman–Crippen LogP) is 3.40. The molecule has 17 heavy (non-hydrogen) atoms. The monoisotopic (exact) mass is 234 g/mol. The molecule has 0 aliphatic carbocycles. The Hall–Kier alpha value is -1.15. The van der Waals surface area contributed by atoms with E-state index in [1.165, 1.54) is 19.4 Å². The van der Waals surface area contributed by atoms with Crippen molar-refractivity contribution in [1.82, 2.24) is 0 Å². The lowest BCUT2D eigenvalue weighted by Crippen LogP contribution is -2.31. The van der Waals surface area contributed by atoms with Crippen LogP contribution in [0.2, 0.25) is 0 Å². The maximum Gasteiger partial charge on any atom is 0.193 e. The molecule has 0 aromatic heterocycles. The van der Waals surface area contributed by atoms with Gasteiger partial charge in [-0.2, -0.15) is 0 Å². The van der Waals surface area contributed by atoms with Crippen LogP contribution in [0.15, 0.2) is 24.3 Å². The molecule has 1 aromatic carbocycles. The van der Waals surface area contributed by atoms with E-state index in [1.807, 2.05) is 12.1 Å². The van der Waals surface area contributed by atoms with Gasteiger partial charge in [0.25, 0.3) is 0 Å². The van der Waals surface area contributed by atoms with E-state index in [9.17, 15) is 9.90 Å². The lowest BCUT2D eigenvalue weighted by molar-refractivity contribution is 0.0488. The molecule has 2 heteroatoms. The van der Waals surface area contributed by atoms with E-state index in [1.54, 1.807) is 12.1 Å². The maximum atomic E-state index is 11.8. The standard InChI is InChI=1S/C15H22O2/c1-10(2)11(3)12-6-8-13(9-7-12)14(16)15(4,5)17/h6-11,17H,1-5H3. The lowest BCUT2D eigenvalue weighted by Gasteiger charge is -2.18. The average Bonchev–Trinajstić information content (AvgIpc) is 2.26. The zero-order chi connectivity index (χ0) is 13.2. The van der Waals surface area contributed by atoms with Crippen molar-refractivity contribution in [2.24, 2.45) is 5.92 Å². The van der Waals surface area contributed by atoms with Gasteiger partial charge >= 0.3 is 0 Å². The molecule has 1 rings (SSSR count). The number of ketones is 1. The van der Waals surface area contributed by atoms with E-state index >= 15 is 0 Å². The molecule has 0 fully saturated rings. The fourth-order valence-electron chi connectivity index (χ4n) is 1.68. The molecule has 0 saturated heterocycles. The Morgan fingerprint density at radius 2 is 1.59 bits per heavy atom. The van der Waals surface area contributed by atoms with Crippen LogP contribution in [0.1, 0.15) is 56.5 Å². The summed E-state index contributed by atoms with van der Waals surface area (Å²) in [5, 5.41) is 9.66. The predicted molar refractivity (Wildman–Crippen MR) is 70.3 cm³/mol. The molecule has 0 aliphatic heterocycles. The Bertz CT molecular complexity index is 382. The van der Waals surface area contributed by atoms with Gasteiger partial charge in [0.05, 0.1) is 0 Å². The van der Waals surface area contributed by atoms with Crippen LogP contribution in [0.5, 0.6) is 0 Å². The summed E-state index contributed by atoms with van der Waals surface area (Å²) in [5.74, 6) is 0.813. The number of aliphatic hydroxyl groups is 1. The first kappa shape index (κ1) is 13.9. The molecule has 1 N–H and O–H groups in total. The molecular weight excluding hydrogens is 212 g/mol. The highest BCUT2D eigenvalue weighted by Crippen LogP contribution is 2.24. The van der Waals surface area contributed by atoms with Crippen LogP contribution < -0.4 is 0 Å². The fourth-order valence-corrected chi connectivity index (χ4v) is 1.68. The zero-order valence-electron chi connectivity index (χ0n) is 11.3. The highest BCUT2D eigenvalue weighted by Gasteiger charge is 2.25. The summed E-state index contributed by atoms with van der Waals surface area (Å²) >= 11 is 0. The van der Waals surface area contributed by atoms with Gasteiger partial charge in [0.1, 0.15) is 5.60 Å². The van der Waals surface area contributed by atoms with Gasteiger partial charge in [-0.15, -0.1) is 0 Å². The minimum Gasteiger partial charge on any atom is -0.382 e. The second kappa shape index (κ2) is 5.01. The fraction of sp³-hybridized carbons (Fsp3) is 0.533. The molecule has 0 heterocycles. The molecule has 0 spiro atoms. The van der Waals surface area contributed by atoms with Gasteiger partial charge < -0.3 is 5.11 Å². The lowest BCUT2D eigenvalue weighted by atomic mass is 9.88. The summed E-state index contributed by atoms with van der Waals surface area (Å²) in [4.78, 5) is 11.8. The molecule has 0 bridgehead atoms. The number of carbonyl (C=O) groups excluding carboxylic acids is 1. The van der Waals surface area contributed by atoms with Crippen molar-refractivity contribution in [1.29, 1.82) is 0 Å². The average molecular weight is 234 g/mol.